The molecule has 0 radical (unpaired) electrons. The van der Waals surface area contributed by atoms with E-state index in [2.05, 4.69) is 47.2 Å². The molecule has 2 heterocycles. The van der Waals surface area contributed by atoms with E-state index >= 15 is 0 Å². The molecule has 4 heteroatoms. The monoisotopic (exact) mass is 272 g/mol. The van der Waals surface area contributed by atoms with Crippen LogP contribution in [0.5, 0.6) is 0 Å². The Hall–Kier alpha value is -1.39. The Morgan fingerprint density at radius 2 is 2.20 bits per heavy atom. The smallest absolute Gasteiger partial charge is 0.124 e. The van der Waals surface area contributed by atoms with Gasteiger partial charge in [-0.05, 0) is 44.0 Å². The summed E-state index contributed by atoms with van der Waals surface area (Å²) in [5.41, 5.74) is 3.52. The van der Waals surface area contributed by atoms with Crippen LogP contribution in [-0.2, 0) is 0 Å². The van der Waals surface area contributed by atoms with E-state index in [-0.39, 0.29) is 0 Å². The van der Waals surface area contributed by atoms with Crippen LogP contribution in [0, 0.1) is 6.92 Å². The Morgan fingerprint density at radius 3 is 3.05 bits per heavy atom. The van der Waals surface area contributed by atoms with Crippen LogP contribution in [0.4, 0.5) is 0 Å². The minimum absolute atomic E-state index is 0.405. The molecule has 20 heavy (non-hydrogen) atoms. The van der Waals surface area contributed by atoms with Crippen LogP contribution < -0.4 is 5.32 Å². The van der Waals surface area contributed by atoms with Gasteiger partial charge in [0.25, 0.3) is 0 Å². The van der Waals surface area contributed by atoms with Gasteiger partial charge in [-0.1, -0.05) is 13.0 Å². The van der Waals surface area contributed by atoms with Crippen LogP contribution in [0.25, 0.3) is 11.0 Å². The summed E-state index contributed by atoms with van der Waals surface area (Å²) < 4.78 is 0. The van der Waals surface area contributed by atoms with Gasteiger partial charge in [0, 0.05) is 19.6 Å². The van der Waals surface area contributed by atoms with Crippen LogP contribution in [0.3, 0.4) is 0 Å². The molecule has 1 aromatic heterocycles. The van der Waals surface area contributed by atoms with E-state index < -0.39 is 0 Å². The lowest BCUT2D eigenvalue weighted by molar-refractivity contribution is 0.198. The molecule has 1 aromatic carbocycles. The summed E-state index contributed by atoms with van der Waals surface area (Å²) in [4.78, 5) is 10.9. The van der Waals surface area contributed by atoms with Gasteiger partial charge in [-0.25, -0.2) is 4.98 Å². The van der Waals surface area contributed by atoms with Crippen LogP contribution in [-0.4, -0.2) is 41.0 Å². The number of aryl methyl sites for hydroxylation is 1. The Balaban J connectivity index is 1.89. The van der Waals surface area contributed by atoms with Crippen molar-refractivity contribution in [1.82, 2.24) is 20.2 Å². The number of H-pyrrole nitrogens is 1. The molecule has 1 aliphatic rings. The first kappa shape index (κ1) is 13.6. The third kappa shape index (κ3) is 2.72. The van der Waals surface area contributed by atoms with Crippen molar-refractivity contribution in [2.24, 2.45) is 0 Å². The fourth-order valence-corrected chi connectivity index (χ4v) is 3.10. The zero-order valence-corrected chi connectivity index (χ0v) is 12.4. The molecule has 2 N–H and O–H groups in total. The summed E-state index contributed by atoms with van der Waals surface area (Å²) in [7, 11) is 0. The van der Waals surface area contributed by atoms with Crippen molar-refractivity contribution in [2.45, 2.75) is 32.7 Å². The molecule has 0 bridgehead atoms. The van der Waals surface area contributed by atoms with Crippen molar-refractivity contribution >= 4 is 11.0 Å². The summed E-state index contributed by atoms with van der Waals surface area (Å²) in [5, 5.41) is 3.47. The molecule has 1 atom stereocenters. The Bertz CT molecular complexity index is 567. The molecule has 1 saturated heterocycles. The Labute approximate surface area is 120 Å². The normalized spacial score (nSPS) is 19.1. The maximum absolute atomic E-state index is 4.81. The first-order valence-electron chi connectivity index (χ1n) is 7.69. The lowest BCUT2D eigenvalue weighted by atomic mass is 10.1. The van der Waals surface area contributed by atoms with Crippen molar-refractivity contribution in [3.63, 3.8) is 0 Å². The van der Waals surface area contributed by atoms with Crippen molar-refractivity contribution in [1.29, 1.82) is 0 Å². The van der Waals surface area contributed by atoms with Crippen molar-refractivity contribution in [3.05, 3.63) is 29.6 Å². The van der Waals surface area contributed by atoms with E-state index in [0.717, 1.165) is 49.5 Å². The van der Waals surface area contributed by atoms with Gasteiger partial charge in [0.15, 0.2) is 0 Å². The topological polar surface area (TPSA) is 44.0 Å². The van der Waals surface area contributed by atoms with Gasteiger partial charge < -0.3 is 10.3 Å². The fraction of sp³-hybridized carbons (Fsp3) is 0.562. The quantitative estimate of drug-likeness (QED) is 0.902. The maximum atomic E-state index is 4.81. The molecule has 1 unspecified atom stereocenters. The zero-order chi connectivity index (χ0) is 13.9. The molecular formula is C16H24N4. The summed E-state index contributed by atoms with van der Waals surface area (Å²) in [6.45, 7) is 8.84. The molecule has 0 saturated carbocycles. The molecular weight excluding hydrogens is 248 g/mol. The molecule has 0 amide bonds. The molecule has 0 aliphatic carbocycles. The predicted octanol–water partition coefficient (Wildman–Crippen LogP) is 2.62. The van der Waals surface area contributed by atoms with E-state index in [1.54, 1.807) is 0 Å². The second-order valence-corrected chi connectivity index (χ2v) is 5.71. The van der Waals surface area contributed by atoms with E-state index in [9.17, 15) is 0 Å². The summed E-state index contributed by atoms with van der Waals surface area (Å²) in [5.74, 6) is 1.12. The van der Waals surface area contributed by atoms with Gasteiger partial charge >= 0.3 is 0 Å². The second kappa shape index (κ2) is 5.94. The lowest BCUT2D eigenvalue weighted by Crippen LogP contribution is -2.32. The van der Waals surface area contributed by atoms with Gasteiger partial charge in [-0.3, -0.25) is 4.90 Å². The average molecular weight is 272 g/mol. The largest absolute Gasteiger partial charge is 0.341 e. The predicted molar refractivity (Wildman–Crippen MR) is 82.9 cm³/mol. The van der Waals surface area contributed by atoms with Crippen molar-refractivity contribution < 1.29 is 0 Å². The fourth-order valence-electron chi connectivity index (χ4n) is 3.10. The van der Waals surface area contributed by atoms with Crippen LogP contribution in [0.1, 0.15) is 37.2 Å². The second-order valence-electron chi connectivity index (χ2n) is 5.71. The van der Waals surface area contributed by atoms with Gasteiger partial charge in [0.2, 0.25) is 0 Å². The van der Waals surface area contributed by atoms with E-state index in [1.807, 2.05) is 0 Å². The van der Waals surface area contributed by atoms with Crippen LogP contribution in [0.2, 0.25) is 0 Å². The Kier molecular flexibility index (Phi) is 4.03. The SMILES string of the molecule is CCC(c1nc2ccc(C)cc2[nH]1)N1CCCNCC1. The number of hydrogen-bond acceptors (Lipinski definition) is 3. The molecule has 4 nitrogen and oxygen atoms in total. The highest BCUT2D eigenvalue weighted by atomic mass is 15.2. The molecule has 0 spiro atoms. The average Bonchev–Trinajstić information content (AvgIpc) is 2.67. The first-order chi connectivity index (χ1) is 9.78. The van der Waals surface area contributed by atoms with Gasteiger partial charge in [-0.15, -0.1) is 0 Å². The minimum Gasteiger partial charge on any atom is -0.341 e. The van der Waals surface area contributed by atoms with Crippen LogP contribution in [0.15, 0.2) is 18.2 Å². The summed E-state index contributed by atoms with van der Waals surface area (Å²) in [6, 6.07) is 6.83. The third-order valence-corrected chi connectivity index (χ3v) is 4.17. The number of aromatic nitrogens is 2. The minimum atomic E-state index is 0.405. The van der Waals surface area contributed by atoms with Gasteiger partial charge in [0.05, 0.1) is 17.1 Å². The maximum Gasteiger partial charge on any atom is 0.124 e. The Morgan fingerprint density at radius 1 is 1.30 bits per heavy atom. The number of hydrogen-bond donors (Lipinski definition) is 2. The summed E-state index contributed by atoms with van der Waals surface area (Å²) >= 11 is 0. The van der Waals surface area contributed by atoms with Crippen molar-refractivity contribution in [2.75, 3.05) is 26.2 Å². The zero-order valence-electron chi connectivity index (χ0n) is 12.4. The number of fused-ring (bicyclic) bond motifs is 1. The van der Waals surface area contributed by atoms with E-state index in [1.165, 1.54) is 12.0 Å². The highest BCUT2D eigenvalue weighted by Gasteiger charge is 2.22. The third-order valence-electron chi connectivity index (χ3n) is 4.17. The molecule has 2 aromatic rings. The number of nitrogens with zero attached hydrogens (tertiary/aromatic N) is 2. The van der Waals surface area contributed by atoms with Crippen LogP contribution >= 0.6 is 0 Å². The van der Waals surface area contributed by atoms with E-state index in [0.29, 0.717) is 6.04 Å². The molecule has 108 valence electrons. The standard InChI is InChI=1S/C16H24N4/c1-3-15(20-9-4-7-17-8-10-20)16-18-13-6-5-12(2)11-14(13)19-16/h5-6,11,15,17H,3-4,7-10H2,1-2H3,(H,18,19). The van der Waals surface area contributed by atoms with Gasteiger partial charge in [0.1, 0.15) is 5.82 Å². The number of rotatable bonds is 3. The highest BCUT2D eigenvalue weighted by molar-refractivity contribution is 5.75. The van der Waals surface area contributed by atoms with Crippen molar-refractivity contribution in [3.8, 4) is 0 Å². The molecule has 3 rings (SSSR count). The number of nitrogens with one attached hydrogen (secondary N) is 2. The van der Waals surface area contributed by atoms with Gasteiger partial charge in [-0.2, -0.15) is 0 Å². The number of aromatic amines is 1. The van der Waals surface area contributed by atoms with E-state index in [4.69, 9.17) is 4.98 Å². The lowest BCUT2D eigenvalue weighted by Gasteiger charge is -2.27. The molecule has 1 aliphatic heterocycles. The number of benzene rings is 1. The number of imidazole rings is 1. The molecule has 1 fully saturated rings. The first-order valence-corrected chi connectivity index (χ1v) is 7.69. The summed E-state index contributed by atoms with van der Waals surface area (Å²) in [6.07, 6.45) is 2.31. The highest BCUT2D eigenvalue weighted by Crippen LogP contribution is 2.25.